The first-order valence-electron chi connectivity index (χ1n) is 4.56. The van der Waals surface area contributed by atoms with Gasteiger partial charge >= 0.3 is 0 Å². The third-order valence-electron chi connectivity index (χ3n) is 2.56. The van der Waals surface area contributed by atoms with Crippen LogP contribution >= 0.6 is 22.6 Å². The van der Waals surface area contributed by atoms with Crippen LogP contribution in [0.5, 0.6) is 0 Å². The van der Waals surface area contributed by atoms with Crippen LogP contribution in [0.1, 0.15) is 20.3 Å². The maximum atomic E-state index is 11.2. The number of carbonyl (C=O) groups is 2. The highest BCUT2D eigenvalue weighted by atomic mass is 127. The van der Waals surface area contributed by atoms with E-state index in [-0.39, 0.29) is 11.5 Å². The number of carbonyl (C=O) groups excluding carboxylic acids is 2. The van der Waals surface area contributed by atoms with E-state index in [4.69, 9.17) is 4.74 Å². The molecule has 0 spiro atoms. The van der Waals surface area contributed by atoms with E-state index >= 15 is 0 Å². The van der Waals surface area contributed by atoms with Crippen LogP contribution in [0.2, 0.25) is 0 Å². The molecule has 5 heteroatoms. The lowest BCUT2D eigenvalue weighted by Crippen LogP contribution is -2.31. The molecule has 1 aliphatic rings. The number of aldehydes is 1. The van der Waals surface area contributed by atoms with Gasteiger partial charge < -0.3 is 9.84 Å². The molecular weight excluding hydrogens is 311 g/mol. The Hall–Kier alpha value is -0.430. The second-order valence-electron chi connectivity index (χ2n) is 3.77. The van der Waals surface area contributed by atoms with E-state index in [1.165, 1.54) is 6.92 Å². The highest BCUT2D eigenvalue weighted by Gasteiger charge is 2.43. The van der Waals surface area contributed by atoms with Crippen LogP contribution in [0, 0.1) is 0 Å². The van der Waals surface area contributed by atoms with E-state index < -0.39 is 11.7 Å². The van der Waals surface area contributed by atoms with Crippen LogP contribution in [0.15, 0.2) is 11.3 Å². The summed E-state index contributed by atoms with van der Waals surface area (Å²) in [6.45, 7) is 3.22. The Bertz CT molecular complexity index is 323. The SMILES string of the molecule is CC(=O)[C@H]1CC(=C(O)C=O)[C@@](C)(CI)O1. The fourth-order valence-electron chi connectivity index (χ4n) is 1.61. The molecule has 0 aliphatic carbocycles. The summed E-state index contributed by atoms with van der Waals surface area (Å²) >= 11 is 2.11. The molecule has 1 fully saturated rings. The van der Waals surface area contributed by atoms with E-state index in [1.807, 2.05) is 0 Å². The molecule has 0 aromatic heterocycles. The second kappa shape index (κ2) is 4.61. The molecule has 1 N–H and O–H groups in total. The van der Waals surface area contributed by atoms with Crippen molar-refractivity contribution in [2.75, 3.05) is 4.43 Å². The Morgan fingerprint density at radius 2 is 2.40 bits per heavy atom. The maximum Gasteiger partial charge on any atom is 0.184 e. The number of hydrogen-bond donors (Lipinski definition) is 1. The van der Waals surface area contributed by atoms with Gasteiger partial charge in [-0.2, -0.15) is 0 Å². The second-order valence-corrected chi connectivity index (χ2v) is 4.53. The van der Waals surface area contributed by atoms with Gasteiger partial charge in [0, 0.05) is 16.4 Å². The van der Waals surface area contributed by atoms with Gasteiger partial charge in [0.25, 0.3) is 0 Å². The summed E-state index contributed by atoms with van der Waals surface area (Å²) < 4.78 is 6.15. The van der Waals surface area contributed by atoms with Crippen LogP contribution in [0.25, 0.3) is 0 Å². The zero-order valence-electron chi connectivity index (χ0n) is 8.62. The molecule has 1 rings (SSSR count). The van der Waals surface area contributed by atoms with Crippen molar-refractivity contribution in [2.24, 2.45) is 0 Å². The normalized spacial score (nSPS) is 33.9. The predicted octanol–water partition coefficient (Wildman–Crippen LogP) is 1.57. The van der Waals surface area contributed by atoms with Gasteiger partial charge in [0.05, 0.1) is 0 Å². The number of alkyl halides is 1. The van der Waals surface area contributed by atoms with Gasteiger partial charge in [0.1, 0.15) is 11.7 Å². The predicted molar refractivity (Wildman–Crippen MR) is 63.2 cm³/mol. The Labute approximate surface area is 102 Å². The lowest BCUT2D eigenvalue weighted by atomic mass is 9.95. The fraction of sp³-hybridized carbons (Fsp3) is 0.600. The molecule has 0 aromatic carbocycles. The summed E-state index contributed by atoms with van der Waals surface area (Å²) in [7, 11) is 0. The summed E-state index contributed by atoms with van der Waals surface area (Å²) in [5.74, 6) is -0.391. The number of Topliss-reactive ketones (excluding diaryl/α,β-unsaturated/α-hetero) is 1. The van der Waals surface area contributed by atoms with Gasteiger partial charge in [-0.15, -0.1) is 0 Å². The maximum absolute atomic E-state index is 11.2. The first-order chi connectivity index (χ1) is 6.94. The average molecular weight is 324 g/mol. The van der Waals surface area contributed by atoms with Crippen molar-refractivity contribution in [3.8, 4) is 0 Å². The number of rotatable bonds is 3. The molecule has 0 unspecified atom stereocenters. The van der Waals surface area contributed by atoms with Crippen molar-refractivity contribution >= 4 is 34.7 Å². The molecule has 0 radical (unpaired) electrons. The Morgan fingerprint density at radius 1 is 1.80 bits per heavy atom. The van der Waals surface area contributed by atoms with Gasteiger partial charge in [0.2, 0.25) is 0 Å². The molecule has 2 atom stereocenters. The van der Waals surface area contributed by atoms with E-state index in [2.05, 4.69) is 22.6 Å². The van der Waals surface area contributed by atoms with Crippen molar-refractivity contribution in [1.29, 1.82) is 0 Å². The molecular formula is C10H13IO4. The molecule has 1 heterocycles. The first-order valence-corrected chi connectivity index (χ1v) is 6.09. The lowest BCUT2D eigenvalue weighted by molar-refractivity contribution is -0.130. The van der Waals surface area contributed by atoms with Crippen molar-refractivity contribution in [3.63, 3.8) is 0 Å². The summed E-state index contributed by atoms with van der Waals surface area (Å²) in [6, 6.07) is 0. The van der Waals surface area contributed by atoms with Crippen LogP contribution in [0.4, 0.5) is 0 Å². The standard InChI is InChI=1S/C10H13IO4/c1-6(13)9-3-7(8(14)4-12)10(2,5-11)15-9/h4,9,14H,3,5H2,1-2H3/t9-,10-/m1/s1. The number of halogens is 1. The molecule has 0 bridgehead atoms. The molecule has 84 valence electrons. The Kier molecular flexibility index (Phi) is 3.88. The quantitative estimate of drug-likeness (QED) is 0.281. The van der Waals surface area contributed by atoms with Gasteiger partial charge in [-0.1, -0.05) is 22.6 Å². The van der Waals surface area contributed by atoms with Gasteiger partial charge in [-0.05, 0) is 13.8 Å². The number of allylic oxidation sites excluding steroid dienone is 1. The smallest absolute Gasteiger partial charge is 0.184 e. The van der Waals surface area contributed by atoms with Crippen molar-refractivity contribution in [1.82, 2.24) is 0 Å². The Morgan fingerprint density at radius 3 is 2.80 bits per heavy atom. The third kappa shape index (κ3) is 2.39. The van der Waals surface area contributed by atoms with E-state index in [9.17, 15) is 14.7 Å². The largest absolute Gasteiger partial charge is 0.505 e. The van der Waals surface area contributed by atoms with E-state index in [1.54, 1.807) is 6.92 Å². The number of hydrogen-bond acceptors (Lipinski definition) is 4. The number of ketones is 1. The van der Waals surface area contributed by atoms with Crippen LogP contribution in [-0.2, 0) is 14.3 Å². The highest BCUT2D eigenvalue weighted by Crippen LogP contribution is 2.38. The Balaban J connectivity index is 3.07. The lowest BCUT2D eigenvalue weighted by Gasteiger charge is -2.23. The van der Waals surface area contributed by atoms with Crippen LogP contribution < -0.4 is 0 Å². The average Bonchev–Trinajstić information content (AvgIpc) is 2.56. The third-order valence-corrected chi connectivity index (χ3v) is 4.02. The number of ether oxygens (including phenoxy) is 1. The van der Waals surface area contributed by atoms with Gasteiger partial charge in [0.15, 0.2) is 17.8 Å². The zero-order chi connectivity index (χ0) is 11.6. The monoisotopic (exact) mass is 324 g/mol. The van der Waals surface area contributed by atoms with Crippen molar-refractivity contribution in [3.05, 3.63) is 11.3 Å². The number of aliphatic hydroxyl groups excluding tert-OH is 1. The molecule has 0 saturated carbocycles. The summed E-state index contributed by atoms with van der Waals surface area (Å²) in [5, 5.41) is 9.44. The molecule has 4 nitrogen and oxygen atoms in total. The highest BCUT2D eigenvalue weighted by molar-refractivity contribution is 14.1. The number of aliphatic hydroxyl groups is 1. The molecule has 1 aliphatic heterocycles. The van der Waals surface area contributed by atoms with E-state index in [0.717, 1.165) is 0 Å². The van der Waals surface area contributed by atoms with Crippen LogP contribution in [0.3, 0.4) is 0 Å². The molecule has 0 aromatic rings. The van der Waals surface area contributed by atoms with Crippen molar-refractivity contribution < 1.29 is 19.4 Å². The summed E-state index contributed by atoms with van der Waals surface area (Å²) in [4.78, 5) is 21.7. The summed E-state index contributed by atoms with van der Waals surface area (Å²) in [6.07, 6.45) is 0.160. The van der Waals surface area contributed by atoms with Crippen molar-refractivity contribution in [2.45, 2.75) is 32.0 Å². The zero-order valence-corrected chi connectivity index (χ0v) is 10.8. The minimum atomic E-state index is -0.706. The molecule has 0 amide bonds. The summed E-state index contributed by atoms with van der Waals surface area (Å²) in [5.41, 5.74) is -0.186. The fourth-order valence-corrected chi connectivity index (χ4v) is 2.25. The topological polar surface area (TPSA) is 63.6 Å². The minimum absolute atomic E-state index is 0.0835. The van der Waals surface area contributed by atoms with E-state index in [0.29, 0.717) is 22.7 Å². The van der Waals surface area contributed by atoms with Gasteiger partial charge in [-0.25, -0.2) is 0 Å². The van der Waals surface area contributed by atoms with Gasteiger partial charge in [-0.3, -0.25) is 9.59 Å². The molecule has 15 heavy (non-hydrogen) atoms. The first kappa shape index (κ1) is 12.6. The minimum Gasteiger partial charge on any atom is -0.505 e. The molecule has 1 saturated heterocycles. The van der Waals surface area contributed by atoms with Crippen LogP contribution in [-0.4, -0.2) is 33.3 Å².